The molecule has 6 heteroatoms. The van der Waals surface area contributed by atoms with Crippen molar-refractivity contribution in [3.8, 4) is 0 Å². The molecule has 0 radical (unpaired) electrons. The molecule has 2 rings (SSSR count). The minimum absolute atomic E-state index is 0. The molecule has 1 unspecified atom stereocenters. The quantitative estimate of drug-likeness (QED) is 0.289. The number of nitrogens with zero attached hydrogens (tertiary/aromatic N) is 3. The van der Waals surface area contributed by atoms with E-state index in [1.807, 2.05) is 12.4 Å². The Kier molecular flexibility index (Phi) is 12.5. The van der Waals surface area contributed by atoms with Crippen LogP contribution < -0.4 is 10.6 Å². The number of pyridine rings is 1. The zero-order chi connectivity index (χ0) is 20.2. The van der Waals surface area contributed by atoms with Crippen molar-refractivity contribution in [1.82, 2.24) is 20.5 Å². The summed E-state index contributed by atoms with van der Waals surface area (Å²) in [7, 11) is 2.18. The number of halogens is 1. The van der Waals surface area contributed by atoms with Gasteiger partial charge in [-0.2, -0.15) is 0 Å². The van der Waals surface area contributed by atoms with Gasteiger partial charge in [0.05, 0.1) is 0 Å². The first-order chi connectivity index (χ1) is 13.6. The highest BCUT2D eigenvalue weighted by Crippen LogP contribution is 2.08. The Morgan fingerprint density at radius 1 is 1.17 bits per heavy atom. The van der Waals surface area contributed by atoms with Gasteiger partial charge in [-0.25, -0.2) is 0 Å². The maximum Gasteiger partial charge on any atom is 0.191 e. The molecule has 0 aliphatic heterocycles. The van der Waals surface area contributed by atoms with Crippen molar-refractivity contribution < 1.29 is 0 Å². The summed E-state index contributed by atoms with van der Waals surface area (Å²) in [6.07, 6.45) is 5.77. The number of hydrogen-bond donors (Lipinski definition) is 2. The smallest absolute Gasteiger partial charge is 0.191 e. The van der Waals surface area contributed by atoms with E-state index >= 15 is 0 Å². The highest BCUT2D eigenvalue weighted by molar-refractivity contribution is 14.0. The maximum absolute atomic E-state index is 4.75. The molecule has 1 aromatic heterocycles. The fraction of sp³-hybridized carbons (Fsp3) is 0.478. The normalized spacial score (nSPS) is 12.4. The largest absolute Gasteiger partial charge is 0.357 e. The van der Waals surface area contributed by atoms with Crippen molar-refractivity contribution in [2.24, 2.45) is 4.99 Å². The zero-order valence-electron chi connectivity index (χ0n) is 18.2. The molecule has 5 nitrogen and oxygen atoms in total. The first-order valence-corrected chi connectivity index (χ1v) is 10.3. The third-order valence-electron chi connectivity index (χ3n) is 5.01. The van der Waals surface area contributed by atoms with Crippen molar-refractivity contribution in [3.05, 3.63) is 65.5 Å². The molecule has 0 amide bonds. The molecule has 0 fully saturated rings. The summed E-state index contributed by atoms with van der Waals surface area (Å²) in [5, 5.41) is 6.78. The van der Waals surface area contributed by atoms with Gasteiger partial charge in [0.25, 0.3) is 0 Å². The van der Waals surface area contributed by atoms with Gasteiger partial charge < -0.3 is 10.6 Å². The van der Waals surface area contributed by atoms with Gasteiger partial charge in [0.15, 0.2) is 5.96 Å². The Hall–Kier alpha value is -1.67. The number of nitrogens with one attached hydrogen (secondary N) is 2. The molecular formula is C23H36IN5. The predicted molar refractivity (Wildman–Crippen MR) is 134 cm³/mol. The molecule has 29 heavy (non-hydrogen) atoms. The summed E-state index contributed by atoms with van der Waals surface area (Å²) in [4.78, 5) is 11.3. The van der Waals surface area contributed by atoms with Gasteiger partial charge in [0.1, 0.15) is 0 Å². The fourth-order valence-corrected chi connectivity index (χ4v) is 3.05. The number of hydrogen-bond acceptors (Lipinski definition) is 3. The number of aromatic nitrogens is 1. The Labute approximate surface area is 193 Å². The van der Waals surface area contributed by atoms with E-state index in [9.17, 15) is 0 Å². The third kappa shape index (κ3) is 9.58. The van der Waals surface area contributed by atoms with E-state index < -0.39 is 0 Å². The average Bonchev–Trinajstić information content (AvgIpc) is 2.70. The van der Waals surface area contributed by atoms with Crippen molar-refractivity contribution in [1.29, 1.82) is 0 Å². The SMILES string of the molecule is CCNC(=NCCC(C)N(C)Cc1ccccc1)NCCc1ccncc1C.I. The van der Waals surface area contributed by atoms with Crippen LogP contribution >= 0.6 is 24.0 Å². The Morgan fingerprint density at radius 2 is 1.93 bits per heavy atom. The van der Waals surface area contributed by atoms with Gasteiger partial charge in [0, 0.05) is 44.6 Å². The molecule has 2 N–H and O–H groups in total. The standard InChI is InChI=1S/C23H35N5.HI/c1-5-25-23(27-16-13-22-12-14-24-17-19(22)2)26-15-11-20(3)28(4)18-21-9-7-6-8-10-21;/h6-10,12,14,17,20H,5,11,13,15-16,18H2,1-4H3,(H2,25,26,27);1H. The predicted octanol–water partition coefficient (Wildman–Crippen LogP) is 4.02. The van der Waals surface area contributed by atoms with Crippen LogP contribution in [0.5, 0.6) is 0 Å². The second-order valence-electron chi connectivity index (χ2n) is 7.28. The number of aliphatic imine (C=N–C) groups is 1. The molecular weight excluding hydrogens is 473 g/mol. The minimum Gasteiger partial charge on any atom is -0.357 e. The maximum atomic E-state index is 4.75. The Morgan fingerprint density at radius 3 is 2.62 bits per heavy atom. The van der Waals surface area contributed by atoms with E-state index in [2.05, 4.69) is 84.7 Å². The number of rotatable bonds is 10. The van der Waals surface area contributed by atoms with E-state index in [1.54, 1.807) is 0 Å². The summed E-state index contributed by atoms with van der Waals surface area (Å²) in [6.45, 7) is 9.98. The van der Waals surface area contributed by atoms with Gasteiger partial charge in [0.2, 0.25) is 0 Å². The third-order valence-corrected chi connectivity index (χ3v) is 5.01. The lowest BCUT2D eigenvalue weighted by atomic mass is 10.1. The highest BCUT2D eigenvalue weighted by Gasteiger charge is 2.09. The van der Waals surface area contributed by atoms with E-state index in [1.165, 1.54) is 16.7 Å². The first kappa shape index (κ1) is 25.4. The number of aryl methyl sites for hydroxylation is 1. The van der Waals surface area contributed by atoms with Crippen LogP contribution in [0.1, 0.15) is 37.0 Å². The van der Waals surface area contributed by atoms with Crippen molar-refractivity contribution in [2.75, 3.05) is 26.7 Å². The molecule has 2 aromatic rings. The molecule has 0 saturated carbocycles. The highest BCUT2D eigenvalue weighted by atomic mass is 127. The Balaban J connectivity index is 0.00000420. The second-order valence-corrected chi connectivity index (χ2v) is 7.28. The molecule has 0 saturated heterocycles. The monoisotopic (exact) mass is 509 g/mol. The van der Waals surface area contributed by atoms with Crippen LogP contribution in [0.2, 0.25) is 0 Å². The molecule has 1 aromatic carbocycles. The van der Waals surface area contributed by atoms with Crippen molar-refractivity contribution in [3.63, 3.8) is 0 Å². The van der Waals surface area contributed by atoms with E-state index in [-0.39, 0.29) is 24.0 Å². The van der Waals surface area contributed by atoms with Crippen LogP contribution in [0.3, 0.4) is 0 Å². The fourth-order valence-electron chi connectivity index (χ4n) is 3.05. The van der Waals surface area contributed by atoms with Gasteiger partial charge in [-0.15, -0.1) is 24.0 Å². The van der Waals surface area contributed by atoms with Crippen LogP contribution in [0.25, 0.3) is 0 Å². The summed E-state index contributed by atoms with van der Waals surface area (Å²) in [6, 6.07) is 13.2. The van der Waals surface area contributed by atoms with E-state index in [0.29, 0.717) is 6.04 Å². The molecule has 160 valence electrons. The first-order valence-electron chi connectivity index (χ1n) is 10.3. The second kappa shape index (κ2) is 14.3. The summed E-state index contributed by atoms with van der Waals surface area (Å²) >= 11 is 0. The average molecular weight is 509 g/mol. The van der Waals surface area contributed by atoms with Crippen LogP contribution in [0, 0.1) is 6.92 Å². The lowest BCUT2D eigenvalue weighted by Gasteiger charge is -2.24. The summed E-state index contributed by atoms with van der Waals surface area (Å²) in [5.41, 5.74) is 3.91. The topological polar surface area (TPSA) is 52.6 Å². The van der Waals surface area contributed by atoms with Crippen molar-refractivity contribution >= 4 is 29.9 Å². The van der Waals surface area contributed by atoms with Gasteiger partial charge in [-0.3, -0.25) is 14.9 Å². The number of benzene rings is 1. The molecule has 1 heterocycles. The van der Waals surface area contributed by atoms with Gasteiger partial charge in [-0.1, -0.05) is 30.3 Å². The van der Waals surface area contributed by atoms with Crippen LogP contribution in [0.4, 0.5) is 0 Å². The van der Waals surface area contributed by atoms with Crippen molar-refractivity contribution in [2.45, 2.75) is 46.2 Å². The van der Waals surface area contributed by atoms with Crippen LogP contribution in [0.15, 0.2) is 53.8 Å². The minimum atomic E-state index is 0. The molecule has 0 bridgehead atoms. The van der Waals surface area contributed by atoms with Crippen LogP contribution in [-0.2, 0) is 13.0 Å². The Bertz CT molecular complexity index is 720. The zero-order valence-corrected chi connectivity index (χ0v) is 20.5. The molecule has 0 aliphatic carbocycles. The van der Waals surface area contributed by atoms with Gasteiger partial charge in [-0.05, 0) is 63.4 Å². The molecule has 0 spiro atoms. The van der Waals surface area contributed by atoms with Gasteiger partial charge >= 0.3 is 0 Å². The molecule has 1 atom stereocenters. The van der Waals surface area contributed by atoms with E-state index in [0.717, 1.165) is 45.0 Å². The van der Waals surface area contributed by atoms with E-state index in [4.69, 9.17) is 4.99 Å². The molecule has 0 aliphatic rings. The summed E-state index contributed by atoms with van der Waals surface area (Å²) in [5.74, 6) is 0.895. The summed E-state index contributed by atoms with van der Waals surface area (Å²) < 4.78 is 0. The lowest BCUT2D eigenvalue weighted by Crippen LogP contribution is -2.38. The van der Waals surface area contributed by atoms with Crippen LogP contribution in [-0.4, -0.2) is 48.6 Å². The lowest BCUT2D eigenvalue weighted by molar-refractivity contribution is 0.240. The number of guanidine groups is 1.